The van der Waals surface area contributed by atoms with Gasteiger partial charge in [0, 0.05) is 23.9 Å². The van der Waals surface area contributed by atoms with Crippen molar-refractivity contribution in [3.05, 3.63) is 52.7 Å². The first-order valence-corrected chi connectivity index (χ1v) is 6.81. The van der Waals surface area contributed by atoms with Gasteiger partial charge in [-0.3, -0.25) is 14.9 Å². The smallest absolute Gasteiger partial charge is 0.269 e. The van der Waals surface area contributed by atoms with E-state index >= 15 is 0 Å². The van der Waals surface area contributed by atoms with Crippen LogP contribution in [0, 0.1) is 10.1 Å². The number of aromatic nitrogens is 1. The van der Waals surface area contributed by atoms with Crippen LogP contribution in [0.15, 0.2) is 42.6 Å². The summed E-state index contributed by atoms with van der Waals surface area (Å²) in [6.07, 6.45) is 1.56. The third kappa shape index (κ3) is 4.40. The molecule has 0 saturated heterocycles. The molecule has 2 rings (SSSR count). The number of nitro benzene ring substituents is 1. The maximum atomic E-state index is 12.1. The zero-order valence-electron chi connectivity index (χ0n) is 12.6. The van der Waals surface area contributed by atoms with E-state index < -0.39 is 11.0 Å². The molecule has 0 fully saturated rings. The fourth-order valence-corrected chi connectivity index (χ4v) is 1.82. The normalized spacial score (nSPS) is 11.4. The number of anilines is 2. The number of carbonyl (C=O) groups is 1. The minimum absolute atomic E-state index is 0.0292. The quantitative estimate of drug-likeness (QED) is 0.626. The monoisotopic (exact) mass is 316 g/mol. The van der Waals surface area contributed by atoms with Crippen LogP contribution in [0.4, 0.5) is 17.1 Å². The molecule has 0 radical (unpaired) electrons. The van der Waals surface area contributed by atoms with Gasteiger partial charge >= 0.3 is 0 Å². The van der Waals surface area contributed by atoms with Gasteiger partial charge in [0.2, 0.25) is 11.8 Å². The molecule has 1 aromatic heterocycles. The topological polar surface area (TPSA) is 106 Å². The molecule has 8 nitrogen and oxygen atoms in total. The summed E-state index contributed by atoms with van der Waals surface area (Å²) < 4.78 is 4.96. The number of amides is 1. The van der Waals surface area contributed by atoms with E-state index in [4.69, 9.17) is 4.74 Å². The number of nitrogens with zero attached hydrogens (tertiary/aromatic N) is 2. The molecule has 120 valence electrons. The highest BCUT2D eigenvalue weighted by molar-refractivity contribution is 5.96. The van der Waals surface area contributed by atoms with Crippen LogP contribution in [-0.2, 0) is 4.79 Å². The van der Waals surface area contributed by atoms with E-state index in [1.54, 1.807) is 25.3 Å². The minimum atomic E-state index is -0.514. The van der Waals surface area contributed by atoms with E-state index in [-0.39, 0.29) is 11.6 Å². The van der Waals surface area contributed by atoms with Crippen molar-refractivity contribution >= 4 is 23.0 Å². The number of ether oxygens (including phenoxy) is 1. The molecule has 1 amide bonds. The molecule has 0 spiro atoms. The van der Waals surface area contributed by atoms with Crippen LogP contribution in [0.5, 0.6) is 5.88 Å². The second-order valence-electron chi connectivity index (χ2n) is 4.75. The molecule has 1 aromatic carbocycles. The van der Waals surface area contributed by atoms with Gasteiger partial charge in [-0.25, -0.2) is 4.98 Å². The maximum Gasteiger partial charge on any atom is 0.269 e. The van der Waals surface area contributed by atoms with Crippen LogP contribution in [0.1, 0.15) is 6.92 Å². The lowest BCUT2D eigenvalue weighted by molar-refractivity contribution is -0.384. The number of rotatable bonds is 6. The lowest BCUT2D eigenvalue weighted by Gasteiger charge is -2.15. The standard InChI is InChI=1S/C15H16N4O4/c1-10(17-12-5-8-14(23-2)16-9-12)15(20)18-11-3-6-13(7-4-11)19(21)22/h3-10,17H,1-2H3,(H,18,20). The number of pyridine rings is 1. The van der Waals surface area contributed by atoms with E-state index in [1.165, 1.54) is 31.4 Å². The van der Waals surface area contributed by atoms with Crippen molar-refractivity contribution in [3.8, 4) is 5.88 Å². The van der Waals surface area contributed by atoms with E-state index in [0.717, 1.165) is 0 Å². The van der Waals surface area contributed by atoms with Crippen LogP contribution in [0.3, 0.4) is 0 Å². The molecular formula is C15H16N4O4. The largest absolute Gasteiger partial charge is 0.481 e. The van der Waals surface area contributed by atoms with Crippen LogP contribution in [0.2, 0.25) is 0 Å². The number of hydrogen-bond acceptors (Lipinski definition) is 6. The molecule has 0 aliphatic heterocycles. The first kappa shape index (κ1) is 16.2. The Morgan fingerprint density at radius 1 is 1.22 bits per heavy atom. The van der Waals surface area contributed by atoms with Crippen molar-refractivity contribution in [1.82, 2.24) is 4.98 Å². The van der Waals surface area contributed by atoms with E-state index in [9.17, 15) is 14.9 Å². The average molecular weight is 316 g/mol. The molecule has 1 atom stereocenters. The fourth-order valence-electron chi connectivity index (χ4n) is 1.82. The maximum absolute atomic E-state index is 12.1. The van der Waals surface area contributed by atoms with Crippen LogP contribution >= 0.6 is 0 Å². The van der Waals surface area contributed by atoms with Gasteiger partial charge in [-0.1, -0.05) is 0 Å². The van der Waals surface area contributed by atoms with Crippen molar-refractivity contribution in [2.75, 3.05) is 17.7 Å². The van der Waals surface area contributed by atoms with Crippen molar-refractivity contribution in [2.45, 2.75) is 13.0 Å². The predicted octanol–water partition coefficient (Wildman–Crippen LogP) is 2.44. The third-order valence-electron chi connectivity index (χ3n) is 3.07. The van der Waals surface area contributed by atoms with Crippen molar-refractivity contribution in [2.24, 2.45) is 0 Å². The summed E-state index contributed by atoms with van der Waals surface area (Å²) in [5.41, 5.74) is 1.14. The van der Waals surface area contributed by atoms with Crippen LogP contribution < -0.4 is 15.4 Å². The third-order valence-corrected chi connectivity index (χ3v) is 3.07. The summed E-state index contributed by atoms with van der Waals surface area (Å²) in [6, 6.07) is 8.56. The van der Waals surface area contributed by atoms with Crippen molar-refractivity contribution in [1.29, 1.82) is 0 Å². The molecular weight excluding hydrogens is 300 g/mol. The van der Waals surface area contributed by atoms with E-state index in [1.807, 2.05) is 0 Å². The highest BCUT2D eigenvalue weighted by Gasteiger charge is 2.13. The SMILES string of the molecule is COc1ccc(NC(C)C(=O)Nc2ccc([N+](=O)[O-])cc2)cn1. The predicted molar refractivity (Wildman–Crippen MR) is 85.6 cm³/mol. The lowest BCUT2D eigenvalue weighted by Crippen LogP contribution is -2.31. The summed E-state index contributed by atoms with van der Waals surface area (Å²) >= 11 is 0. The first-order chi connectivity index (χ1) is 11.0. The van der Waals surface area contributed by atoms with Gasteiger partial charge in [-0.15, -0.1) is 0 Å². The van der Waals surface area contributed by atoms with Crippen LogP contribution in [-0.4, -0.2) is 29.0 Å². The Bertz CT molecular complexity index is 686. The Labute approximate surface area is 132 Å². The zero-order valence-corrected chi connectivity index (χ0v) is 12.6. The molecule has 2 N–H and O–H groups in total. The number of nitro groups is 1. The van der Waals surface area contributed by atoms with Gasteiger partial charge < -0.3 is 15.4 Å². The summed E-state index contributed by atoms with van der Waals surface area (Å²) in [5.74, 6) is 0.216. The summed E-state index contributed by atoms with van der Waals surface area (Å²) in [4.78, 5) is 26.2. The molecule has 0 aliphatic rings. The number of hydrogen-bond donors (Lipinski definition) is 2. The van der Waals surface area contributed by atoms with E-state index in [2.05, 4.69) is 15.6 Å². The second kappa shape index (κ2) is 7.21. The number of carbonyl (C=O) groups excluding carboxylic acids is 1. The molecule has 23 heavy (non-hydrogen) atoms. The Kier molecular flexibility index (Phi) is 5.08. The Balaban J connectivity index is 1.94. The van der Waals surface area contributed by atoms with Crippen molar-refractivity contribution in [3.63, 3.8) is 0 Å². The van der Waals surface area contributed by atoms with Gasteiger partial charge in [-0.2, -0.15) is 0 Å². The summed E-state index contributed by atoms with van der Waals surface area (Å²) in [5, 5.41) is 16.3. The summed E-state index contributed by atoms with van der Waals surface area (Å²) in [7, 11) is 1.52. The number of nitrogens with one attached hydrogen (secondary N) is 2. The molecule has 2 aromatic rings. The molecule has 0 bridgehead atoms. The Morgan fingerprint density at radius 3 is 2.39 bits per heavy atom. The molecule has 8 heteroatoms. The zero-order chi connectivity index (χ0) is 16.8. The Morgan fingerprint density at radius 2 is 1.87 bits per heavy atom. The second-order valence-corrected chi connectivity index (χ2v) is 4.75. The highest BCUT2D eigenvalue weighted by Crippen LogP contribution is 2.16. The lowest BCUT2D eigenvalue weighted by atomic mass is 10.2. The number of benzene rings is 1. The molecule has 1 unspecified atom stereocenters. The van der Waals surface area contributed by atoms with Gasteiger partial charge in [-0.05, 0) is 25.1 Å². The molecule has 1 heterocycles. The summed E-state index contributed by atoms with van der Waals surface area (Å²) in [6.45, 7) is 1.70. The highest BCUT2D eigenvalue weighted by atomic mass is 16.6. The number of methoxy groups -OCH3 is 1. The van der Waals surface area contributed by atoms with Gasteiger partial charge in [0.1, 0.15) is 6.04 Å². The first-order valence-electron chi connectivity index (χ1n) is 6.81. The van der Waals surface area contributed by atoms with Crippen molar-refractivity contribution < 1.29 is 14.5 Å². The van der Waals surface area contributed by atoms with Gasteiger partial charge in [0.05, 0.1) is 23.9 Å². The molecule has 0 saturated carbocycles. The van der Waals surface area contributed by atoms with Gasteiger partial charge in [0.15, 0.2) is 0 Å². The average Bonchev–Trinajstić information content (AvgIpc) is 2.56. The van der Waals surface area contributed by atoms with Crippen LogP contribution in [0.25, 0.3) is 0 Å². The fraction of sp³-hybridized carbons (Fsp3) is 0.200. The molecule has 0 aliphatic carbocycles. The van der Waals surface area contributed by atoms with Gasteiger partial charge in [0.25, 0.3) is 5.69 Å². The Hall–Kier alpha value is -3.16. The minimum Gasteiger partial charge on any atom is -0.481 e. The number of non-ortho nitro benzene ring substituents is 1. The van der Waals surface area contributed by atoms with E-state index in [0.29, 0.717) is 17.3 Å².